The summed E-state index contributed by atoms with van der Waals surface area (Å²) in [7, 11) is 0. The third-order valence-corrected chi connectivity index (χ3v) is 4.61. The number of anilines is 1. The van der Waals surface area contributed by atoms with Gasteiger partial charge in [-0.3, -0.25) is 14.9 Å². The highest BCUT2D eigenvalue weighted by atomic mass is 79.9. The highest BCUT2D eigenvalue weighted by Crippen LogP contribution is 2.29. The molecule has 1 aliphatic heterocycles. The number of hydrogen-bond acceptors (Lipinski definition) is 5. The molecule has 2 aromatic rings. The van der Waals surface area contributed by atoms with Gasteiger partial charge < -0.3 is 9.47 Å². The van der Waals surface area contributed by atoms with Gasteiger partial charge >= 0.3 is 6.03 Å². The highest BCUT2D eigenvalue weighted by Gasteiger charge is 2.36. The molecule has 0 aromatic heterocycles. The number of carbonyl (C=O) groups excluding carboxylic acids is 3. The van der Waals surface area contributed by atoms with E-state index in [4.69, 9.17) is 9.47 Å². The fraction of sp³-hybridized carbons (Fsp3) is 0.190. The molecular weight excluding hydrogens is 440 g/mol. The number of nitrogens with one attached hydrogen (secondary N) is 1. The summed E-state index contributed by atoms with van der Waals surface area (Å²) in [6, 6.07) is 10.9. The lowest BCUT2D eigenvalue weighted by Crippen LogP contribution is -2.54. The van der Waals surface area contributed by atoms with Crippen molar-refractivity contribution >= 4 is 45.5 Å². The maximum absolute atomic E-state index is 13.0. The summed E-state index contributed by atoms with van der Waals surface area (Å²) in [6.07, 6.45) is 1.41. The van der Waals surface area contributed by atoms with Crippen LogP contribution in [0.25, 0.3) is 6.08 Å². The number of benzene rings is 2. The summed E-state index contributed by atoms with van der Waals surface area (Å²) in [6.45, 7) is 4.60. The van der Waals surface area contributed by atoms with Gasteiger partial charge in [-0.2, -0.15) is 0 Å². The lowest BCUT2D eigenvalue weighted by Gasteiger charge is -2.26. The molecule has 0 unspecified atom stereocenters. The largest absolute Gasteiger partial charge is 0.494 e. The van der Waals surface area contributed by atoms with Crippen LogP contribution < -0.4 is 19.7 Å². The zero-order chi connectivity index (χ0) is 21.0. The molecular formula is C21H19BrN2O5. The minimum Gasteiger partial charge on any atom is -0.494 e. The van der Waals surface area contributed by atoms with E-state index in [1.807, 2.05) is 13.8 Å². The van der Waals surface area contributed by atoms with Crippen molar-refractivity contribution in [3.8, 4) is 11.5 Å². The van der Waals surface area contributed by atoms with Gasteiger partial charge in [0.25, 0.3) is 11.8 Å². The van der Waals surface area contributed by atoms with E-state index in [1.54, 1.807) is 42.5 Å². The first-order valence-electron chi connectivity index (χ1n) is 9.01. The molecule has 1 heterocycles. The maximum Gasteiger partial charge on any atom is 0.335 e. The van der Waals surface area contributed by atoms with E-state index in [2.05, 4.69) is 21.2 Å². The van der Waals surface area contributed by atoms with Crippen molar-refractivity contribution in [2.24, 2.45) is 0 Å². The molecule has 7 nitrogen and oxygen atoms in total. The molecule has 0 spiro atoms. The third kappa shape index (κ3) is 4.48. The SMILES string of the molecule is CCOc1ccc(/C=C2/C(=O)NC(=O)N(c3ccc(Br)cc3)C2=O)c(OCC)c1. The van der Waals surface area contributed by atoms with Crippen molar-refractivity contribution in [1.29, 1.82) is 0 Å². The van der Waals surface area contributed by atoms with E-state index in [0.29, 0.717) is 36.0 Å². The predicted octanol–water partition coefficient (Wildman–Crippen LogP) is 3.91. The van der Waals surface area contributed by atoms with Crippen LogP contribution >= 0.6 is 15.9 Å². The van der Waals surface area contributed by atoms with Crippen molar-refractivity contribution in [3.05, 3.63) is 58.1 Å². The Morgan fingerprint density at radius 3 is 2.34 bits per heavy atom. The van der Waals surface area contributed by atoms with E-state index in [-0.39, 0.29) is 5.57 Å². The second-order valence-electron chi connectivity index (χ2n) is 6.00. The standard InChI is InChI=1S/C21H19BrN2O5/c1-3-28-16-10-5-13(18(12-16)29-4-2)11-17-19(25)23-21(27)24(20(17)26)15-8-6-14(22)7-9-15/h5-12H,3-4H2,1-2H3,(H,23,25,27)/b17-11-. The fourth-order valence-electron chi connectivity index (χ4n) is 2.81. The number of imide groups is 2. The van der Waals surface area contributed by atoms with E-state index >= 15 is 0 Å². The summed E-state index contributed by atoms with van der Waals surface area (Å²) in [4.78, 5) is 38.5. The second kappa shape index (κ2) is 8.91. The molecule has 0 saturated carbocycles. The van der Waals surface area contributed by atoms with Gasteiger partial charge in [-0.05, 0) is 56.3 Å². The Morgan fingerprint density at radius 1 is 1.00 bits per heavy atom. The first kappa shape index (κ1) is 20.6. The van der Waals surface area contributed by atoms with Gasteiger partial charge in [0.15, 0.2) is 0 Å². The minimum atomic E-state index is -0.795. The summed E-state index contributed by atoms with van der Waals surface area (Å²) in [5, 5.41) is 2.21. The number of hydrogen-bond donors (Lipinski definition) is 1. The molecule has 4 amide bonds. The Kier molecular flexibility index (Phi) is 6.33. The van der Waals surface area contributed by atoms with Crippen LogP contribution in [0, 0.1) is 0 Å². The number of halogens is 1. The van der Waals surface area contributed by atoms with Gasteiger partial charge in [0.1, 0.15) is 17.1 Å². The number of carbonyl (C=O) groups is 3. The molecule has 1 saturated heterocycles. The Bertz CT molecular complexity index is 985. The molecule has 1 fully saturated rings. The molecule has 150 valence electrons. The zero-order valence-corrected chi connectivity index (χ0v) is 17.5. The van der Waals surface area contributed by atoms with E-state index in [9.17, 15) is 14.4 Å². The number of urea groups is 1. The average molecular weight is 459 g/mol. The van der Waals surface area contributed by atoms with Crippen LogP contribution in [-0.4, -0.2) is 31.1 Å². The number of barbiturate groups is 1. The van der Waals surface area contributed by atoms with Crippen molar-refractivity contribution in [3.63, 3.8) is 0 Å². The first-order valence-corrected chi connectivity index (χ1v) is 9.80. The van der Waals surface area contributed by atoms with Crippen LogP contribution in [0.3, 0.4) is 0 Å². The van der Waals surface area contributed by atoms with Gasteiger partial charge in [0, 0.05) is 16.1 Å². The molecule has 0 atom stereocenters. The molecule has 0 bridgehead atoms. The van der Waals surface area contributed by atoms with Crippen molar-refractivity contribution in [2.45, 2.75) is 13.8 Å². The van der Waals surface area contributed by atoms with Gasteiger partial charge in [-0.1, -0.05) is 15.9 Å². The molecule has 1 aliphatic rings. The number of rotatable bonds is 6. The monoisotopic (exact) mass is 458 g/mol. The van der Waals surface area contributed by atoms with Crippen LogP contribution in [0.15, 0.2) is 52.5 Å². The minimum absolute atomic E-state index is 0.169. The summed E-state index contributed by atoms with van der Waals surface area (Å²) >= 11 is 3.31. The Balaban J connectivity index is 2.01. The number of amides is 4. The van der Waals surface area contributed by atoms with Crippen LogP contribution in [0.1, 0.15) is 19.4 Å². The maximum atomic E-state index is 13.0. The third-order valence-electron chi connectivity index (χ3n) is 4.08. The second-order valence-corrected chi connectivity index (χ2v) is 6.92. The zero-order valence-electron chi connectivity index (χ0n) is 15.9. The predicted molar refractivity (Wildman–Crippen MR) is 112 cm³/mol. The molecule has 0 aliphatic carbocycles. The normalized spacial score (nSPS) is 15.5. The summed E-state index contributed by atoms with van der Waals surface area (Å²) in [5.74, 6) is -0.384. The summed E-state index contributed by atoms with van der Waals surface area (Å²) in [5.41, 5.74) is 0.711. The quantitative estimate of drug-likeness (QED) is 0.523. The topological polar surface area (TPSA) is 84.9 Å². The molecule has 1 N–H and O–H groups in total. The van der Waals surface area contributed by atoms with Crippen LogP contribution in [0.2, 0.25) is 0 Å². The van der Waals surface area contributed by atoms with Crippen molar-refractivity contribution < 1.29 is 23.9 Å². The fourth-order valence-corrected chi connectivity index (χ4v) is 3.07. The van der Waals surface area contributed by atoms with E-state index in [1.165, 1.54) is 6.08 Å². The molecule has 3 rings (SSSR count). The smallest absolute Gasteiger partial charge is 0.335 e. The molecule has 2 aromatic carbocycles. The van der Waals surface area contributed by atoms with Crippen molar-refractivity contribution in [2.75, 3.05) is 18.1 Å². The molecule has 8 heteroatoms. The van der Waals surface area contributed by atoms with Gasteiger partial charge in [-0.15, -0.1) is 0 Å². The van der Waals surface area contributed by atoms with Crippen LogP contribution in [0.5, 0.6) is 11.5 Å². The Morgan fingerprint density at radius 2 is 1.69 bits per heavy atom. The lowest BCUT2D eigenvalue weighted by atomic mass is 10.1. The van der Waals surface area contributed by atoms with Crippen LogP contribution in [-0.2, 0) is 9.59 Å². The lowest BCUT2D eigenvalue weighted by molar-refractivity contribution is -0.122. The highest BCUT2D eigenvalue weighted by molar-refractivity contribution is 9.10. The van der Waals surface area contributed by atoms with Crippen LogP contribution in [0.4, 0.5) is 10.5 Å². The Hall–Kier alpha value is -3.13. The summed E-state index contributed by atoms with van der Waals surface area (Å²) < 4.78 is 11.9. The van der Waals surface area contributed by atoms with E-state index < -0.39 is 17.8 Å². The first-order chi connectivity index (χ1) is 13.9. The number of ether oxygens (including phenoxy) is 2. The van der Waals surface area contributed by atoms with E-state index in [0.717, 1.165) is 9.37 Å². The van der Waals surface area contributed by atoms with Gasteiger partial charge in [0.2, 0.25) is 0 Å². The number of nitrogens with zero attached hydrogens (tertiary/aromatic N) is 1. The van der Waals surface area contributed by atoms with Gasteiger partial charge in [-0.25, -0.2) is 9.69 Å². The average Bonchev–Trinajstić information content (AvgIpc) is 2.68. The molecule has 0 radical (unpaired) electrons. The van der Waals surface area contributed by atoms with Crippen molar-refractivity contribution in [1.82, 2.24) is 5.32 Å². The Labute approximate surface area is 176 Å². The van der Waals surface area contributed by atoms with Gasteiger partial charge in [0.05, 0.1) is 18.9 Å². The molecule has 29 heavy (non-hydrogen) atoms.